The first-order valence-electron chi connectivity index (χ1n) is 17.6. The number of nitrogens with zero attached hydrogens (tertiary/aromatic N) is 3. The highest BCUT2D eigenvalue weighted by Gasteiger charge is 2.45. The summed E-state index contributed by atoms with van der Waals surface area (Å²) in [6.07, 6.45) is -2.59. The van der Waals surface area contributed by atoms with Crippen molar-refractivity contribution >= 4 is 35.6 Å². The molecule has 48 heavy (non-hydrogen) atoms. The van der Waals surface area contributed by atoms with E-state index in [1.807, 2.05) is 27.7 Å². The van der Waals surface area contributed by atoms with Gasteiger partial charge < -0.3 is 28.9 Å². The fraction of sp³-hybridized carbons (Fsp3) is 0.833. The molecule has 0 unspecified atom stereocenters. The Morgan fingerprint density at radius 1 is 0.500 bits per heavy atom. The number of esters is 3. The third-order valence-electron chi connectivity index (χ3n) is 9.44. The van der Waals surface area contributed by atoms with Gasteiger partial charge in [-0.25, -0.2) is 14.4 Å². The van der Waals surface area contributed by atoms with Crippen molar-refractivity contribution in [3.8, 4) is 0 Å². The van der Waals surface area contributed by atoms with Crippen LogP contribution >= 0.6 is 0 Å². The number of amides is 3. The fourth-order valence-electron chi connectivity index (χ4n) is 5.89. The number of carbonyl (C=O) groups excluding carboxylic acids is 6. The van der Waals surface area contributed by atoms with Gasteiger partial charge in [0.15, 0.2) is 18.3 Å². The molecule has 1 rings (SSSR count). The van der Waals surface area contributed by atoms with Gasteiger partial charge in [-0.05, 0) is 41.9 Å². The second kappa shape index (κ2) is 18.5. The minimum atomic E-state index is -1.28. The number of cyclic esters (lactones) is 3. The summed E-state index contributed by atoms with van der Waals surface area (Å²) in [4.78, 5) is 87.7. The lowest BCUT2D eigenvalue weighted by molar-refractivity contribution is -0.181. The van der Waals surface area contributed by atoms with Crippen molar-refractivity contribution in [3.63, 3.8) is 0 Å². The molecular formula is C36H63N3O9. The van der Waals surface area contributed by atoms with Crippen molar-refractivity contribution in [2.45, 2.75) is 139 Å². The van der Waals surface area contributed by atoms with E-state index in [-0.39, 0.29) is 24.2 Å². The predicted molar refractivity (Wildman–Crippen MR) is 182 cm³/mol. The van der Waals surface area contributed by atoms with E-state index in [1.165, 1.54) is 35.8 Å². The number of likely N-dealkylation sites (N-methyl/N-ethyl adjacent to an activating group) is 3. The molecule has 1 aliphatic rings. The highest BCUT2D eigenvalue weighted by Crippen LogP contribution is 2.26. The minimum absolute atomic E-state index is 0.0421. The number of hydrogen-bond acceptors (Lipinski definition) is 9. The molecule has 1 aliphatic heterocycles. The normalized spacial score (nSPS) is 27.7. The molecule has 0 aliphatic carbocycles. The van der Waals surface area contributed by atoms with E-state index in [1.54, 1.807) is 55.4 Å². The van der Waals surface area contributed by atoms with Gasteiger partial charge in [-0.2, -0.15) is 0 Å². The zero-order valence-electron chi connectivity index (χ0n) is 32.1. The molecule has 0 aromatic carbocycles. The molecule has 12 heteroatoms. The molecule has 12 nitrogen and oxygen atoms in total. The molecule has 276 valence electrons. The molecule has 0 radical (unpaired) electrons. The van der Waals surface area contributed by atoms with Crippen molar-refractivity contribution in [3.05, 3.63) is 0 Å². The van der Waals surface area contributed by atoms with Crippen LogP contribution in [-0.4, -0.2) is 108 Å². The van der Waals surface area contributed by atoms with Crippen molar-refractivity contribution in [2.75, 3.05) is 21.1 Å². The van der Waals surface area contributed by atoms with E-state index in [0.717, 1.165) is 0 Å². The number of carbonyl (C=O) groups is 6. The van der Waals surface area contributed by atoms with Gasteiger partial charge in [-0.15, -0.1) is 0 Å². The van der Waals surface area contributed by atoms with E-state index in [4.69, 9.17) is 14.2 Å². The van der Waals surface area contributed by atoms with Crippen LogP contribution in [0.5, 0.6) is 0 Å². The van der Waals surface area contributed by atoms with E-state index in [2.05, 4.69) is 0 Å². The molecule has 0 bridgehead atoms. The molecule has 0 aromatic heterocycles. The predicted octanol–water partition coefficient (Wildman–Crippen LogP) is 4.32. The van der Waals surface area contributed by atoms with Crippen LogP contribution in [0.25, 0.3) is 0 Å². The van der Waals surface area contributed by atoms with Gasteiger partial charge in [-0.1, -0.05) is 95.9 Å². The summed E-state index contributed by atoms with van der Waals surface area (Å²) >= 11 is 0. The summed E-state index contributed by atoms with van der Waals surface area (Å²) in [7, 11) is 4.38. The Hall–Kier alpha value is -3.18. The van der Waals surface area contributed by atoms with Gasteiger partial charge in [0.05, 0.1) is 0 Å². The van der Waals surface area contributed by atoms with Crippen LogP contribution in [0.4, 0.5) is 0 Å². The lowest BCUT2D eigenvalue weighted by Crippen LogP contribution is -2.57. The molecule has 3 amide bonds. The molecule has 1 saturated heterocycles. The Balaban J connectivity index is 4.02. The zero-order valence-corrected chi connectivity index (χ0v) is 32.1. The van der Waals surface area contributed by atoms with Crippen molar-refractivity contribution in [2.24, 2.45) is 35.5 Å². The van der Waals surface area contributed by atoms with E-state index in [9.17, 15) is 28.8 Å². The topological polar surface area (TPSA) is 140 Å². The highest BCUT2D eigenvalue weighted by molar-refractivity contribution is 5.94. The number of hydrogen-bond donors (Lipinski definition) is 0. The van der Waals surface area contributed by atoms with Crippen LogP contribution in [-0.2, 0) is 43.0 Å². The molecule has 0 saturated carbocycles. The monoisotopic (exact) mass is 681 g/mol. The molecular weight excluding hydrogens is 618 g/mol. The van der Waals surface area contributed by atoms with Gasteiger partial charge in [0, 0.05) is 21.1 Å². The Morgan fingerprint density at radius 2 is 0.792 bits per heavy atom. The van der Waals surface area contributed by atoms with Gasteiger partial charge in [-0.3, -0.25) is 14.4 Å². The summed E-state index contributed by atoms with van der Waals surface area (Å²) in [5.74, 6) is -6.39. The van der Waals surface area contributed by atoms with Crippen molar-refractivity contribution in [1.29, 1.82) is 0 Å². The van der Waals surface area contributed by atoms with Crippen LogP contribution in [0, 0.1) is 35.5 Å². The average molecular weight is 682 g/mol. The van der Waals surface area contributed by atoms with Crippen LogP contribution in [0.2, 0.25) is 0 Å². The maximum Gasteiger partial charge on any atom is 0.329 e. The van der Waals surface area contributed by atoms with Gasteiger partial charge in [0.1, 0.15) is 18.1 Å². The minimum Gasteiger partial charge on any atom is -0.450 e. The average Bonchev–Trinajstić information content (AvgIpc) is 3.01. The fourth-order valence-corrected chi connectivity index (χ4v) is 5.89. The van der Waals surface area contributed by atoms with Crippen LogP contribution < -0.4 is 0 Å². The smallest absolute Gasteiger partial charge is 0.329 e. The maximum atomic E-state index is 14.1. The highest BCUT2D eigenvalue weighted by atomic mass is 16.6. The maximum absolute atomic E-state index is 14.1. The first kappa shape index (κ1) is 42.8. The van der Waals surface area contributed by atoms with Crippen LogP contribution in [0.15, 0.2) is 0 Å². The zero-order chi connectivity index (χ0) is 37.4. The summed E-state index contributed by atoms with van der Waals surface area (Å²) in [6, 6.07) is -3.29. The molecule has 0 N–H and O–H groups in total. The standard InChI is InChI=1S/C36H63N3O9/c1-16-23(11)26-35(44)47-28(20(5)6)31(40)37(13)25(18-19(3)4)34(43)46-29(21(7)8)32(41)38(14)27(24(12)17-2)36(45)48-30(22(9)10)33(42)39(26)15/h19-30H,16-18H2,1-15H3/t23-,24-,25-,26-,27-,28+,29+,30+/m0/s1. The van der Waals surface area contributed by atoms with Gasteiger partial charge in [0.2, 0.25) is 0 Å². The first-order chi connectivity index (χ1) is 22.1. The summed E-state index contributed by atoms with van der Waals surface area (Å²) in [5, 5.41) is 0. The van der Waals surface area contributed by atoms with Gasteiger partial charge >= 0.3 is 17.9 Å². The van der Waals surface area contributed by atoms with Crippen LogP contribution in [0.3, 0.4) is 0 Å². The lowest BCUT2D eigenvalue weighted by Gasteiger charge is -2.38. The van der Waals surface area contributed by atoms with Crippen LogP contribution in [0.1, 0.15) is 102 Å². The Kier molecular flexibility index (Phi) is 16.6. The Labute approximate surface area is 288 Å². The SMILES string of the molecule is CC[C@H](C)[C@H]1C(=O)O[C@H](C(C)C)C(=O)N(C)[C@@H](CC(C)C)C(=O)O[C@H](C(C)C)C(=O)N(C)[C@@H]([C@@H](C)CC)C(=O)O[C@H](C(C)C)C(=O)N1C. The van der Waals surface area contributed by atoms with Crippen molar-refractivity contribution in [1.82, 2.24) is 14.7 Å². The molecule has 8 atom stereocenters. The van der Waals surface area contributed by atoms with E-state index in [0.29, 0.717) is 12.8 Å². The molecule has 1 heterocycles. The Bertz CT molecular complexity index is 1120. The largest absolute Gasteiger partial charge is 0.450 e. The summed E-state index contributed by atoms with van der Waals surface area (Å²) in [6.45, 7) is 21.5. The summed E-state index contributed by atoms with van der Waals surface area (Å²) in [5.41, 5.74) is 0. The van der Waals surface area contributed by atoms with Gasteiger partial charge in [0.25, 0.3) is 17.7 Å². The molecule has 0 aromatic rings. The summed E-state index contributed by atoms with van der Waals surface area (Å²) < 4.78 is 17.7. The molecule has 0 spiro atoms. The van der Waals surface area contributed by atoms with E-state index >= 15 is 0 Å². The second-order valence-electron chi connectivity index (χ2n) is 15.0. The third kappa shape index (κ3) is 10.4. The second-order valence-corrected chi connectivity index (χ2v) is 15.0. The first-order valence-corrected chi connectivity index (χ1v) is 17.6. The quantitative estimate of drug-likeness (QED) is 0.257. The van der Waals surface area contributed by atoms with E-state index < -0.39 is 89.8 Å². The number of rotatable bonds is 9. The third-order valence-corrected chi connectivity index (χ3v) is 9.44. The lowest BCUT2D eigenvalue weighted by atomic mass is 9.95. The van der Waals surface area contributed by atoms with Crippen molar-refractivity contribution < 1.29 is 43.0 Å². The molecule has 1 fully saturated rings. The number of ether oxygens (including phenoxy) is 3. The Morgan fingerprint density at radius 3 is 1.06 bits per heavy atom.